The molecule has 0 amide bonds. The van der Waals surface area contributed by atoms with Crippen molar-refractivity contribution in [2.24, 2.45) is 0 Å². The van der Waals surface area contributed by atoms with Crippen LogP contribution >= 0.6 is 0 Å². The van der Waals surface area contributed by atoms with Crippen molar-refractivity contribution in [3.8, 4) is 0 Å². The van der Waals surface area contributed by atoms with Gasteiger partial charge in [0.2, 0.25) is 0 Å². The third kappa shape index (κ3) is 4.61. The molecule has 0 bridgehead atoms. The van der Waals surface area contributed by atoms with E-state index in [9.17, 15) is 0 Å². The Balaban J connectivity index is 1.16. The van der Waals surface area contributed by atoms with Crippen LogP contribution in [0.2, 0.25) is 0 Å². The van der Waals surface area contributed by atoms with Crippen molar-refractivity contribution in [2.75, 3.05) is 11.1 Å². The Morgan fingerprint density at radius 3 is 2.43 bits per heavy atom. The van der Waals surface area contributed by atoms with Gasteiger partial charge in [0.1, 0.15) is 11.6 Å². The van der Waals surface area contributed by atoms with Gasteiger partial charge in [-0.05, 0) is 65.3 Å². The van der Waals surface area contributed by atoms with Crippen molar-refractivity contribution in [3.63, 3.8) is 0 Å². The molecule has 37 heavy (non-hydrogen) atoms. The fourth-order valence-corrected chi connectivity index (χ4v) is 4.85. The Morgan fingerprint density at radius 1 is 0.892 bits per heavy atom. The molecule has 0 aliphatic rings. The van der Waals surface area contributed by atoms with E-state index in [2.05, 4.69) is 64.6 Å². The highest BCUT2D eigenvalue weighted by atomic mass is 15.3. The smallest absolute Gasteiger partial charge is 0.131 e. The first-order valence-electron chi connectivity index (χ1n) is 12.3. The summed E-state index contributed by atoms with van der Waals surface area (Å²) in [5.74, 6) is 1.37. The van der Waals surface area contributed by atoms with E-state index in [0.717, 1.165) is 34.0 Å². The maximum atomic E-state index is 6.09. The summed E-state index contributed by atoms with van der Waals surface area (Å²) >= 11 is 0. The number of pyridine rings is 2. The first-order chi connectivity index (χ1) is 18.0. The summed E-state index contributed by atoms with van der Waals surface area (Å²) in [5, 5.41) is 15.7. The van der Waals surface area contributed by atoms with Gasteiger partial charge in [0.25, 0.3) is 0 Å². The Hall–Kier alpha value is -4.72. The third-order valence-electron chi connectivity index (χ3n) is 6.87. The van der Waals surface area contributed by atoms with E-state index < -0.39 is 0 Å². The zero-order valence-electron chi connectivity index (χ0n) is 20.9. The summed E-state index contributed by atoms with van der Waals surface area (Å²) in [6.45, 7) is 6.38. The van der Waals surface area contributed by atoms with Crippen molar-refractivity contribution in [3.05, 3.63) is 107 Å². The highest BCUT2D eigenvalue weighted by molar-refractivity contribution is 5.94. The molecule has 0 saturated heterocycles. The number of hydrogen-bond acceptors (Lipinski definition) is 6. The number of hydrogen-bond donors (Lipinski definition) is 2. The van der Waals surface area contributed by atoms with Crippen molar-refractivity contribution in [1.82, 2.24) is 29.5 Å². The van der Waals surface area contributed by atoms with Gasteiger partial charge in [0.05, 0.1) is 18.6 Å². The van der Waals surface area contributed by atoms with Crippen LogP contribution in [0.5, 0.6) is 0 Å². The molecule has 0 unspecified atom stereocenters. The lowest BCUT2D eigenvalue weighted by atomic mass is 9.96. The van der Waals surface area contributed by atoms with Gasteiger partial charge in [-0.15, -0.1) is 0 Å². The van der Waals surface area contributed by atoms with Gasteiger partial charge in [-0.3, -0.25) is 9.36 Å². The topological polar surface area (TPSA) is 99.5 Å². The summed E-state index contributed by atoms with van der Waals surface area (Å²) in [6.07, 6.45) is 9.45. The molecule has 0 spiro atoms. The van der Waals surface area contributed by atoms with Crippen molar-refractivity contribution in [2.45, 2.75) is 33.5 Å². The summed E-state index contributed by atoms with van der Waals surface area (Å²) < 4.78 is 3.89. The molecule has 0 aliphatic carbocycles. The van der Waals surface area contributed by atoms with E-state index in [1.807, 2.05) is 46.2 Å². The van der Waals surface area contributed by atoms with Gasteiger partial charge in [0.15, 0.2) is 0 Å². The molecule has 4 aromatic heterocycles. The number of fused-ring (bicyclic) bond motifs is 2. The quantitative estimate of drug-likeness (QED) is 0.325. The standard InChI is InChI=1S/C29H28N8/c1-19-12-25-24(8-10-31-29(25)30)20(2)26(19)15-33-28-13-27-23(14-32-28)18-37(35-27)17-22-6-4-21(5-7-22)16-36-11-3-9-34-36/h3-14,18,33H,15-17H2,1-2H3,(H2,30,31). The van der Waals surface area contributed by atoms with Crippen molar-refractivity contribution >= 4 is 33.3 Å². The van der Waals surface area contributed by atoms with Crippen LogP contribution in [0.4, 0.5) is 11.6 Å². The Kier molecular flexibility index (Phi) is 5.76. The largest absolute Gasteiger partial charge is 0.383 e. The predicted molar refractivity (Wildman–Crippen MR) is 147 cm³/mol. The Morgan fingerprint density at radius 2 is 1.68 bits per heavy atom. The molecule has 6 aromatic rings. The molecule has 8 nitrogen and oxygen atoms in total. The molecule has 2 aromatic carbocycles. The maximum absolute atomic E-state index is 6.09. The molecule has 0 saturated carbocycles. The molecular formula is C29H28N8. The highest BCUT2D eigenvalue weighted by Crippen LogP contribution is 2.28. The second-order valence-electron chi connectivity index (χ2n) is 9.42. The zero-order chi connectivity index (χ0) is 25.4. The molecule has 0 radical (unpaired) electrons. The molecule has 0 aliphatic heterocycles. The van der Waals surface area contributed by atoms with E-state index in [-0.39, 0.29) is 0 Å². The second kappa shape index (κ2) is 9.39. The van der Waals surface area contributed by atoms with Gasteiger partial charge in [-0.2, -0.15) is 10.2 Å². The molecule has 0 atom stereocenters. The van der Waals surface area contributed by atoms with E-state index in [0.29, 0.717) is 18.9 Å². The number of nitrogen functional groups attached to an aromatic ring is 1. The Bertz CT molecular complexity index is 1700. The highest BCUT2D eigenvalue weighted by Gasteiger charge is 2.11. The van der Waals surface area contributed by atoms with Crippen LogP contribution in [-0.4, -0.2) is 29.5 Å². The van der Waals surface area contributed by atoms with E-state index >= 15 is 0 Å². The van der Waals surface area contributed by atoms with Crippen LogP contribution in [0, 0.1) is 13.8 Å². The summed E-state index contributed by atoms with van der Waals surface area (Å²) in [7, 11) is 0. The molecule has 8 heteroatoms. The van der Waals surface area contributed by atoms with E-state index in [4.69, 9.17) is 10.8 Å². The number of nitrogens with two attached hydrogens (primary N) is 1. The first kappa shape index (κ1) is 22.7. The maximum Gasteiger partial charge on any atom is 0.131 e. The second-order valence-corrected chi connectivity index (χ2v) is 9.42. The minimum absolute atomic E-state index is 0.566. The SMILES string of the molecule is Cc1cc2c(N)nccc2c(C)c1CNc1cc2nn(Cc3ccc(Cn4cccn4)cc3)cc2cn1. The lowest BCUT2D eigenvalue weighted by molar-refractivity contribution is 0.682. The predicted octanol–water partition coefficient (Wildman–Crippen LogP) is 5.08. The van der Waals surface area contributed by atoms with Crippen LogP contribution in [-0.2, 0) is 19.6 Å². The molecule has 4 heterocycles. The van der Waals surface area contributed by atoms with Gasteiger partial charge in [0, 0.05) is 54.4 Å². The number of aromatic nitrogens is 6. The van der Waals surface area contributed by atoms with Gasteiger partial charge in [-0.25, -0.2) is 9.97 Å². The summed E-state index contributed by atoms with van der Waals surface area (Å²) in [4.78, 5) is 8.85. The summed E-state index contributed by atoms with van der Waals surface area (Å²) in [6, 6.07) is 16.7. The van der Waals surface area contributed by atoms with Crippen LogP contribution in [0.15, 0.2) is 79.5 Å². The van der Waals surface area contributed by atoms with Crippen LogP contribution in [0.3, 0.4) is 0 Å². The Labute approximate surface area is 214 Å². The number of nitrogens with zero attached hydrogens (tertiary/aromatic N) is 6. The summed E-state index contributed by atoms with van der Waals surface area (Å²) in [5.41, 5.74) is 13.0. The molecular weight excluding hydrogens is 460 g/mol. The lowest BCUT2D eigenvalue weighted by Crippen LogP contribution is -2.06. The monoisotopic (exact) mass is 488 g/mol. The van der Waals surface area contributed by atoms with Gasteiger partial charge < -0.3 is 11.1 Å². The van der Waals surface area contributed by atoms with E-state index in [1.54, 1.807) is 12.4 Å². The molecule has 184 valence electrons. The van der Waals surface area contributed by atoms with Gasteiger partial charge in [-0.1, -0.05) is 24.3 Å². The number of nitrogens with one attached hydrogen (secondary N) is 1. The van der Waals surface area contributed by atoms with Crippen molar-refractivity contribution < 1.29 is 0 Å². The average Bonchev–Trinajstić information content (AvgIpc) is 3.55. The number of anilines is 2. The van der Waals surface area contributed by atoms with Crippen LogP contribution < -0.4 is 11.1 Å². The first-order valence-corrected chi connectivity index (χ1v) is 12.3. The average molecular weight is 489 g/mol. The fourth-order valence-electron chi connectivity index (χ4n) is 4.85. The lowest BCUT2D eigenvalue weighted by Gasteiger charge is -2.15. The molecule has 6 rings (SSSR count). The third-order valence-corrected chi connectivity index (χ3v) is 6.87. The van der Waals surface area contributed by atoms with Crippen LogP contribution in [0.25, 0.3) is 21.7 Å². The number of rotatable bonds is 7. The fraction of sp³-hybridized carbons (Fsp3) is 0.172. The molecule has 3 N–H and O–H groups in total. The minimum atomic E-state index is 0.566. The number of benzene rings is 2. The van der Waals surface area contributed by atoms with E-state index in [1.165, 1.54) is 27.8 Å². The van der Waals surface area contributed by atoms with Crippen LogP contribution in [0.1, 0.15) is 27.8 Å². The zero-order valence-corrected chi connectivity index (χ0v) is 20.9. The minimum Gasteiger partial charge on any atom is -0.383 e. The van der Waals surface area contributed by atoms with Crippen molar-refractivity contribution in [1.29, 1.82) is 0 Å². The normalized spacial score (nSPS) is 11.4. The molecule has 0 fully saturated rings. The number of aryl methyl sites for hydroxylation is 2. The van der Waals surface area contributed by atoms with Gasteiger partial charge >= 0.3 is 0 Å².